The maximum Gasteiger partial charge on any atom is 0.453 e. The molecule has 0 aliphatic heterocycles. The van der Waals surface area contributed by atoms with Gasteiger partial charge in [0, 0.05) is 17.3 Å². The topological polar surface area (TPSA) is 60.7 Å². The van der Waals surface area contributed by atoms with E-state index in [-0.39, 0.29) is 21.9 Å². The first kappa shape index (κ1) is 16.3. The number of carbonyl (C=O) groups is 1. The Balaban J connectivity index is 2.00. The van der Waals surface area contributed by atoms with E-state index in [0.29, 0.717) is 5.56 Å². The Kier molecular flexibility index (Phi) is 4.18. The largest absolute Gasteiger partial charge is 0.453 e. The normalized spacial score (nSPS) is 11.5. The lowest BCUT2D eigenvalue weighted by atomic mass is 10.0. The predicted octanol–water partition coefficient (Wildman–Crippen LogP) is 3.67. The molecule has 24 heavy (non-hydrogen) atoms. The van der Waals surface area contributed by atoms with Crippen LogP contribution in [0.1, 0.15) is 21.7 Å². The van der Waals surface area contributed by atoms with Crippen LogP contribution in [0.2, 0.25) is 0 Å². The molecule has 0 aliphatic rings. The van der Waals surface area contributed by atoms with Crippen molar-refractivity contribution in [2.45, 2.75) is 6.18 Å². The molecule has 0 radical (unpaired) electrons. The fourth-order valence-electron chi connectivity index (χ4n) is 1.99. The highest BCUT2D eigenvalue weighted by molar-refractivity contribution is 9.10. The summed E-state index contributed by atoms with van der Waals surface area (Å²) >= 11 is 2.92. The molecule has 0 atom stereocenters. The third-order valence-electron chi connectivity index (χ3n) is 3.08. The van der Waals surface area contributed by atoms with E-state index in [9.17, 15) is 18.0 Å². The SMILES string of the molecule is O=C(c1ccccc1)c1ccnc(-n2nc(C(F)(F)F)nc2Br)c1. The zero-order valence-corrected chi connectivity index (χ0v) is 13.4. The van der Waals surface area contributed by atoms with Crippen molar-refractivity contribution in [2.75, 3.05) is 0 Å². The second kappa shape index (κ2) is 6.16. The van der Waals surface area contributed by atoms with E-state index >= 15 is 0 Å². The summed E-state index contributed by atoms with van der Waals surface area (Å²) in [7, 11) is 0. The van der Waals surface area contributed by atoms with Gasteiger partial charge >= 0.3 is 6.18 Å². The molecule has 2 heterocycles. The van der Waals surface area contributed by atoms with E-state index in [1.54, 1.807) is 30.3 Å². The zero-order chi connectivity index (χ0) is 17.3. The van der Waals surface area contributed by atoms with Gasteiger partial charge < -0.3 is 0 Å². The summed E-state index contributed by atoms with van der Waals surface area (Å²) in [4.78, 5) is 19.7. The number of alkyl halides is 3. The van der Waals surface area contributed by atoms with Crippen LogP contribution in [0.5, 0.6) is 0 Å². The van der Waals surface area contributed by atoms with Crippen molar-refractivity contribution in [3.63, 3.8) is 0 Å². The molecule has 2 aromatic heterocycles. The first-order valence-corrected chi connectivity index (χ1v) is 7.41. The Morgan fingerprint density at radius 3 is 2.42 bits per heavy atom. The molecule has 0 aliphatic carbocycles. The van der Waals surface area contributed by atoms with E-state index in [1.165, 1.54) is 18.3 Å². The lowest BCUT2D eigenvalue weighted by Crippen LogP contribution is -2.09. The third kappa shape index (κ3) is 3.21. The van der Waals surface area contributed by atoms with Gasteiger partial charge in [-0.3, -0.25) is 4.79 Å². The number of hydrogen-bond donors (Lipinski definition) is 0. The number of ketones is 1. The third-order valence-corrected chi connectivity index (χ3v) is 3.60. The van der Waals surface area contributed by atoms with Crippen molar-refractivity contribution in [3.05, 3.63) is 70.3 Å². The average molecular weight is 397 g/mol. The average Bonchev–Trinajstić information content (AvgIpc) is 2.97. The predicted molar refractivity (Wildman–Crippen MR) is 81.7 cm³/mol. The van der Waals surface area contributed by atoms with Crippen LogP contribution < -0.4 is 0 Å². The van der Waals surface area contributed by atoms with Crippen LogP contribution in [-0.2, 0) is 6.18 Å². The number of rotatable bonds is 3. The molecule has 0 amide bonds. The minimum absolute atomic E-state index is 0.0478. The molecule has 122 valence electrons. The number of halogens is 4. The molecule has 1 aromatic carbocycles. The summed E-state index contributed by atoms with van der Waals surface area (Å²) in [5.74, 6) is -1.52. The smallest absolute Gasteiger partial charge is 0.289 e. The van der Waals surface area contributed by atoms with Gasteiger partial charge in [0.05, 0.1) is 0 Å². The standard InChI is InChI=1S/C15H8BrF3N4O/c16-14-21-13(15(17,18)19)22-23(14)11-8-10(6-7-20-11)12(24)9-4-2-1-3-5-9/h1-8H. The Labute approximate surface area is 142 Å². The maximum atomic E-state index is 12.7. The summed E-state index contributed by atoms with van der Waals surface area (Å²) < 4.78 is 38.8. The van der Waals surface area contributed by atoms with Gasteiger partial charge in [0.1, 0.15) is 0 Å². The van der Waals surface area contributed by atoms with E-state index in [2.05, 4.69) is 31.0 Å². The summed E-state index contributed by atoms with van der Waals surface area (Å²) in [5.41, 5.74) is 0.741. The lowest BCUT2D eigenvalue weighted by Gasteiger charge is -2.05. The molecule has 3 aromatic rings. The van der Waals surface area contributed by atoms with Crippen LogP contribution in [0.25, 0.3) is 5.82 Å². The first-order chi connectivity index (χ1) is 11.4. The molecule has 5 nitrogen and oxygen atoms in total. The highest BCUT2D eigenvalue weighted by atomic mass is 79.9. The van der Waals surface area contributed by atoms with Gasteiger partial charge in [-0.25, -0.2) is 4.98 Å². The second-order valence-corrected chi connectivity index (χ2v) is 5.42. The molecule has 0 unspecified atom stereocenters. The second-order valence-electron chi connectivity index (χ2n) is 4.71. The first-order valence-electron chi connectivity index (χ1n) is 6.62. The van der Waals surface area contributed by atoms with Gasteiger partial charge in [-0.2, -0.15) is 22.8 Å². The summed E-state index contributed by atoms with van der Waals surface area (Å²) in [6, 6.07) is 11.4. The summed E-state index contributed by atoms with van der Waals surface area (Å²) in [5, 5.41) is 3.38. The van der Waals surface area contributed by atoms with Gasteiger partial charge in [-0.15, -0.1) is 5.10 Å². The Morgan fingerprint density at radius 1 is 1.08 bits per heavy atom. The van der Waals surface area contributed by atoms with Gasteiger partial charge in [0.15, 0.2) is 11.6 Å². The Morgan fingerprint density at radius 2 is 1.79 bits per heavy atom. The quantitative estimate of drug-likeness (QED) is 0.633. The Bertz CT molecular complexity index is 893. The molecule has 0 saturated heterocycles. The van der Waals surface area contributed by atoms with Crippen LogP contribution in [0.15, 0.2) is 53.4 Å². The molecule has 0 spiro atoms. The number of hydrogen-bond acceptors (Lipinski definition) is 4. The zero-order valence-electron chi connectivity index (χ0n) is 11.8. The van der Waals surface area contributed by atoms with E-state index in [4.69, 9.17) is 0 Å². The summed E-state index contributed by atoms with van der Waals surface area (Å²) in [6.07, 6.45) is -3.35. The molecular weight excluding hydrogens is 389 g/mol. The van der Waals surface area contributed by atoms with E-state index in [0.717, 1.165) is 4.68 Å². The van der Waals surface area contributed by atoms with Crippen LogP contribution in [0, 0.1) is 0 Å². The fourth-order valence-corrected chi connectivity index (χ4v) is 2.42. The molecule has 0 saturated carbocycles. The maximum absolute atomic E-state index is 12.7. The highest BCUT2D eigenvalue weighted by Gasteiger charge is 2.37. The van der Waals surface area contributed by atoms with Crippen LogP contribution >= 0.6 is 15.9 Å². The van der Waals surface area contributed by atoms with Gasteiger partial charge in [-0.05, 0) is 28.1 Å². The number of pyridine rings is 1. The number of carbonyl (C=O) groups excluding carboxylic acids is 1. The number of aromatic nitrogens is 4. The molecule has 0 bridgehead atoms. The van der Waals surface area contributed by atoms with Gasteiger partial charge in [-0.1, -0.05) is 30.3 Å². The van der Waals surface area contributed by atoms with E-state index in [1.807, 2.05) is 0 Å². The molecule has 3 rings (SSSR count). The number of benzene rings is 1. The minimum Gasteiger partial charge on any atom is -0.289 e. The molecule has 0 N–H and O–H groups in total. The highest BCUT2D eigenvalue weighted by Crippen LogP contribution is 2.28. The minimum atomic E-state index is -4.68. The van der Waals surface area contributed by atoms with Crippen molar-refractivity contribution in [2.24, 2.45) is 0 Å². The van der Waals surface area contributed by atoms with Gasteiger partial charge in [0.2, 0.25) is 4.73 Å². The van der Waals surface area contributed by atoms with Crippen molar-refractivity contribution < 1.29 is 18.0 Å². The van der Waals surface area contributed by atoms with Crippen molar-refractivity contribution >= 4 is 21.7 Å². The van der Waals surface area contributed by atoms with Crippen molar-refractivity contribution in [1.29, 1.82) is 0 Å². The fraction of sp³-hybridized carbons (Fsp3) is 0.0667. The van der Waals surface area contributed by atoms with E-state index < -0.39 is 12.0 Å². The molecule has 0 fully saturated rings. The lowest BCUT2D eigenvalue weighted by molar-refractivity contribution is -0.144. The van der Waals surface area contributed by atoms with Crippen molar-refractivity contribution in [3.8, 4) is 5.82 Å². The summed E-state index contributed by atoms with van der Waals surface area (Å²) in [6.45, 7) is 0. The molecular formula is C15H8BrF3N4O. The van der Waals surface area contributed by atoms with Crippen LogP contribution in [-0.4, -0.2) is 25.5 Å². The molecule has 9 heteroatoms. The van der Waals surface area contributed by atoms with Gasteiger partial charge in [0.25, 0.3) is 5.82 Å². The van der Waals surface area contributed by atoms with Crippen LogP contribution in [0.3, 0.4) is 0 Å². The monoisotopic (exact) mass is 396 g/mol. The van der Waals surface area contributed by atoms with Crippen LogP contribution in [0.4, 0.5) is 13.2 Å². The number of nitrogens with zero attached hydrogens (tertiary/aromatic N) is 4. The Hall–Kier alpha value is -2.55. The van der Waals surface area contributed by atoms with Crippen molar-refractivity contribution in [1.82, 2.24) is 19.7 Å².